The first-order valence-corrected chi connectivity index (χ1v) is 6.57. The quantitative estimate of drug-likeness (QED) is 0.581. The molecule has 0 spiro atoms. The lowest BCUT2D eigenvalue weighted by molar-refractivity contribution is 0.102. The Kier molecular flexibility index (Phi) is 4.53. The summed E-state index contributed by atoms with van der Waals surface area (Å²) in [6, 6.07) is 5.42. The maximum atomic E-state index is 13.1. The summed E-state index contributed by atoms with van der Waals surface area (Å²) < 4.78 is 13.4. The number of pyridine rings is 1. The van der Waals surface area contributed by atoms with Gasteiger partial charge in [-0.3, -0.25) is 4.79 Å². The molecule has 0 aliphatic rings. The molecule has 4 N–H and O–H groups in total. The van der Waals surface area contributed by atoms with Crippen LogP contribution >= 0.6 is 27.5 Å². The van der Waals surface area contributed by atoms with E-state index in [1.807, 2.05) is 0 Å². The van der Waals surface area contributed by atoms with Crippen molar-refractivity contribution < 1.29 is 9.18 Å². The SMILES string of the molecule is NNc1ccc(C(=O)Nc2c(Cl)cc(F)cc2Br)cn1. The Morgan fingerprint density at radius 1 is 1.40 bits per heavy atom. The number of halogens is 3. The number of nitrogens with two attached hydrogens (primary N) is 1. The summed E-state index contributed by atoms with van der Waals surface area (Å²) in [5.41, 5.74) is 2.96. The molecule has 0 saturated heterocycles. The molecular formula is C12H9BrClFN4O. The minimum atomic E-state index is -0.500. The summed E-state index contributed by atoms with van der Waals surface area (Å²) >= 11 is 9.03. The Balaban J connectivity index is 2.23. The minimum absolute atomic E-state index is 0.0958. The van der Waals surface area contributed by atoms with Gasteiger partial charge in [0.2, 0.25) is 0 Å². The van der Waals surface area contributed by atoms with Crippen molar-refractivity contribution >= 4 is 44.9 Å². The van der Waals surface area contributed by atoms with Crippen molar-refractivity contribution in [3.05, 3.63) is 51.3 Å². The highest BCUT2D eigenvalue weighted by Gasteiger charge is 2.13. The van der Waals surface area contributed by atoms with Crippen LogP contribution in [0.25, 0.3) is 0 Å². The van der Waals surface area contributed by atoms with Gasteiger partial charge in [0.15, 0.2) is 0 Å². The lowest BCUT2D eigenvalue weighted by atomic mass is 10.2. The van der Waals surface area contributed by atoms with Crippen LogP contribution in [0.4, 0.5) is 15.9 Å². The molecule has 0 bridgehead atoms. The third kappa shape index (κ3) is 3.24. The number of hydrogen-bond donors (Lipinski definition) is 3. The van der Waals surface area contributed by atoms with Gasteiger partial charge >= 0.3 is 0 Å². The van der Waals surface area contributed by atoms with Crippen molar-refractivity contribution in [1.29, 1.82) is 0 Å². The van der Waals surface area contributed by atoms with Crippen LogP contribution in [-0.4, -0.2) is 10.9 Å². The number of amides is 1. The molecule has 2 aromatic rings. The molecule has 0 aliphatic carbocycles. The largest absolute Gasteiger partial charge is 0.320 e. The Bertz CT molecular complexity index is 627. The van der Waals surface area contributed by atoms with Crippen LogP contribution < -0.4 is 16.6 Å². The van der Waals surface area contributed by atoms with Gasteiger partial charge in [-0.05, 0) is 40.2 Å². The van der Waals surface area contributed by atoms with Crippen molar-refractivity contribution in [2.75, 3.05) is 10.7 Å². The van der Waals surface area contributed by atoms with Gasteiger partial charge in [0, 0.05) is 10.7 Å². The molecule has 8 heteroatoms. The molecule has 1 aromatic carbocycles. The van der Waals surface area contributed by atoms with Crippen LogP contribution in [0.15, 0.2) is 34.9 Å². The van der Waals surface area contributed by atoms with E-state index in [1.54, 1.807) is 12.1 Å². The zero-order chi connectivity index (χ0) is 14.7. The zero-order valence-electron chi connectivity index (χ0n) is 9.95. The molecule has 1 amide bonds. The van der Waals surface area contributed by atoms with E-state index in [0.29, 0.717) is 21.5 Å². The molecule has 0 aliphatic heterocycles. The highest BCUT2D eigenvalue weighted by Crippen LogP contribution is 2.32. The van der Waals surface area contributed by atoms with E-state index in [9.17, 15) is 9.18 Å². The summed E-state index contributed by atoms with van der Waals surface area (Å²) in [7, 11) is 0. The summed E-state index contributed by atoms with van der Waals surface area (Å²) in [5, 5.41) is 2.68. The fourth-order valence-electron chi connectivity index (χ4n) is 1.46. The lowest BCUT2D eigenvalue weighted by Gasteiger charge is -2.10. The molecule has 0 atom stereocenters. The van der Waals surface area contributed by atoms with E-state index in [2.05, 4.69) is 31.7 Å². The molecular weight excluding hydrogens is 351 g/mol. The van der Waals surface area contributed by atoms with Crippen LogP contribution in [-0.2, 0) is 0 Å². The molecule has 0 radical (unpaired) electrons. The highest BCUT2D eigenvalue weighted by atomic mass is 79.9. The molecule has 5 nitrogen and oxygen atoms in total. The first-order valence-electron chi connectivity index (χ1n) is 5.40. The predicted molar refractivity (Wildman–Crippen MR) is 79.1 cm³/mol. The Morgan fingerprint density at radius 2 is 2.15 bits per heavy atom. The van der Waals surface area contributed by atoms with Crippen molar-refractivity contribution in [3.8, 4) is 0 Å². The van der Waals surface area contributed by atoms with E-state index in [4.69, 9.17) is 17.4 Å². The molecule has 0 fully saturated rings. The van der Waals surface area contributed by atoms with Crippen LogP contribution in [0, 0.1) is 5.82 Å². The number of nitrogens with zero attached hydrogens (tertiary/aromatic N) is 1. The second-order valence-corrected chi connectivity index (χ2v) is 5.04. The maximum Gasteiger partial charge on any atom is 0.257 e. The van der Waals surface area contributed by atoms with Crippen molar-refractivity contribution in [3.63, 3.8) is 0 Å². The summed E-state index contributed by atoms with van der Waals surface area (Å²) in [6.07, 6.45) is 1.36. The zero-order valence-corrected chi connectivity index (χ0v) is 12.3. The number of hydrogen-bond acceptors (Lipinski definition) is 4. The number of anilines is 2. The van der Waals surface area contributed by atoms with Gasteiger partial charge in [0.25, 0.3) is 5.91 Å². The molecule has 104 valence electrons. The standard InChI is InChI=1S/C12H9BrClFN4O/c13-8-3-7(15)4-9(14)11(8)18-12(20)6-1-2-10(19-16)17-5-6/h1-5H,16H2,(H,17,19)(H,18,20). The second kappa shape index (κ2) is 6.17. The van der Waals surface area contributed by atoms with Crippen LogP contribution in [0.3, 0.4) is 0 Å². The van der Waals surface area contributed by atoms with Crippen molar-refractivity contribution in [2.45, 2.75) is 0 Å². The molecule has 0 saturated carbocycles. The van der Waals surface area contributed by atoms with Gasteiger partial charge in [-0.15, -0.1) is 0 Å². The van der Waals surface area contributed by atoms with E-state index >= 15 is 0 Å². The summed E-state index contributed by atoms with van der Waals surface area (Å²) in [5.74, 6) is 4.69. The van der Waals surface area contributed by atoms with E-state index < -0.39 is 11.7 Å². The van der Waals surface area contributed by atoms with Gasteiger partial charge in [0.05, 0.1) is 16.3 Å². The first-order chi connectivity index (χ1) is 9.51. The number of nitrogens with one attached hydrogen (secondary N) is 2. The van der Waals surface area contributed by atoms with Crippen molar-refractivity contribution in [2.24, 2.45) is 5.84 Å². The number of rotatable bonds is 3. The fraction of sp³-hybridized carbons (Fsp3) is 0. The number of benzene rings is 1. The number of aromatic nitrogens is 1. The Labute approximate surface area is 127 Å². The number of nitrogen functional groups attached to an aromatic ring is 1. The number of carbonyl (C=O) groups is 1. The Hall–Kier alpha value is -1.70. The molecule has 1 heterocycles. The highest BCUT2D eigenvalue weighted by molar-refractivity contribution is 9.10. The first kappa shape index (κ1) is 14.7. The number of hydrazine groups is 1. The van der Waals surface area contributed by atoms with Gasteiger partial charge in [-0.2, -0.15) is 0 Å². The molecule has 1 aromatic heterocycles. The average Bonchev–Trinajstić information content (AvgIpc) is 2.42. The normalized spacial score (nSPS) is 10.2. The smallest absolute Gasteiger partial charge is 0.257 e. The van der Waals surface area contributed by atoms with Gasteiger partial charge in [0.1, 0.15) is 11.6 Å². The lowest BCUT2D eigenvalue weighted by Crippen LogP contribution is -2.14. The van der Waals surface area contributed by atoms with Gasteiger partial charge < -0.3 is 10.7 Å². The second-order valence-electron chi connectivity index (χ2n) is 3.78. The van der Waals surface area contributed by atoms with Crippen LogP contribution in [0.1, 0.15) is 10.4 Å². The van der Waals surface area contributed by atoms with Crippen LogP contribution in [0.5, 0.6) is 0 Å². The van der Waals surface area contributed by atoms with Gasteiger partial charge in [-0.1, -0.05) is 11.6 Å². The van der Waals surface area contributed by atoms with Crippen LogP contribution in [0.2, 0.25) is 5.02 Å². The van der Waals surface area contributed by atoms with Crippen molar-refractivity contribution in [1.82, 2.24) is 4.98 Å². The average molecular weight is 360 g/mol. The summed E-state index contributed by atoms with van der Waals surface area (Å²) in [6.45, 7) is 0. The van der Waals surface area contributed by atoms with E-state index in [1.165, 1.54) is 12.3 Å². The minimum Gasteiger partial charge on any atom is -0.320 e. The molecule has 0 unspecified atom stereocenters. The number of carbonyl (C=O) groups excluding carboxylic acids is 1. The molecule has 2 rings (SSSR count). The topological polar surface area (TPSA) is 80.0 Å². The predicted octanol–water partition coefficient (Wildman–Crippen LogP) is 3.17. The monoisotopic (exact) mass is 358 g/mol. The summed E-state index contributed by atoms with van der Waals surface area (Å²) in [4.78, 5) is 15.9. The molecule has 20 heavy (non-hydrogen) atoms. The third-order valence-electron chi connectivity index (χ3n) is 2.42. The van der Waals surface area contributed by atoms with E-state index in [0.717, 1.165) is 6.07 Å². The maximum absolute atomic E-state index is 13.1. The Morgan fingerprint density at radius 3 is 2.70 bits per heavy atom. The third-order valence-corrected chi connectivity index (χ3v) is 3.34. The van der Waals surface area contributed by atoms with Gasteiger partial charge in [-0.25, -0.2) is 15.2 Å². The fourth-order valence-corrected chi connectivity index (χ4v) is 2.36. The van der Waals surface area contributed by atoms with E-state index in [-0.39, 0.29) is 5.02 Å².